The maximum absolute atomic E-state index is 12.9. The number of nitrogens with one attached hydrogen (secondary N) is 2. The summed E-state index contributed by atoms with van der Waals surface area (Å²) in [6.45, 7) is 19.6. The SMILES string of the molecule is CC(C)c1nncn1-c1cc(C(=O)NC(C)(C)C)cc(-c2ccc(C(F)(F)F)cc2)c1.CC(C)c1nncn1-c1cc(C(=O)NC(C)(C)C)cc(-c2ccc(Cl)cc2)c1. The molecule has 6 rings (SSSR count). The summed E-state index contributed by atoms with van der Waals surface area (Å²) in [4.78, 5) is 25.7. The van der Waals surface area contributed by atoms with Crippen LogP contribution in [0, 0.1) is 0 Å². The van der Waals surface area contributed by atoms with Crippen molar-refractivity contribution in [1.82, 2.24) is 40.2 Å². The Labute approximate surface area is 348 Å². The average Bonchev–Trinajstić information content (AvgIpc) is 3.85. The summed E-state index contributed by atoms with van der Waals surface area (Å²) >= 11 is 6.04. The molecule has 310 valence electrons. The number of carbonyl (C=O) groups is 2. The van der Waals surface area contributed by atoms with Gasteiger partial charge >= 0.3 is 6.18 Å². The predicted molar refractivity (Wildman–Crippen MR) is 226 cm³/mol. The molecule has 0 aliphatic heterocycles. The highest BCUT2D eigenvalue weighted by Crippen LogP contribution is 2.33. The first kappa shape index (κ1) is 44.3. The van der Waals surface area contributed by atoms with Gasteiger partial charge in [0, 0.05) is 50.4 Å². The molecule has 14 heteroatoms. The number of benzene rings is 4. The molecule has 2 amide bonds. The van der Waals surface area contributed by atoms with Crippen LogP contribution in [0.4, 0.5) is 13.2 Å². The minimum absolute atomic E-state index is 0.0871. The third-order valence-corrected chi connectivity index (χ3v) is 9.05. The van der Waals surface area contributed by atoms with E-state index in [1.165, 1.54) is 12.1 Å². The molecule has 0 spiro atoms. The molecule has 0 aliphatic rings. The Kier molecular flexibility index (Phi) is 13.2. The lowest BCUT2D eigenvalue weighted by Gasteiger charge is -2.21. The van der Waals surface area contributed by atoms with Gasteiger partial charge in [-0.25, -0.2) is 0 Å². The normalized spacial score (nSPS) is 12.0. The van der Waals surface area contributed by atoms with Crippen LogP contribution in [0.5, 0.6) is 0 Å². The van der Waals surface area contributed by atoms with Crippen LogP contribution in [0.25, 0.3) is 33.6 Å². The Morgan fingerprint density at radius 3 is 1.29 bits per heavy atom. The second kappa shape index (κ2) is 17.6. The Bertz CT molecular complexity index is 2400. The fourth-order valence-electron chi connectivity index (χ4n) is 6.09. The van der Waals surface area contributed by atoms with E-state index in [1.54, 1.807) is 29.4 Å². The van der Waals surface area contributed by atoms with Gasteiger partial charge in [0.25, 0.3) is 11.8 Å². The lowest BCUT2D eigenvalue weighted by molar-refractivity contribution is -0.137. The highest BCUT2D eigenvalue weighted by Gasteiger charge is 2.30. The summed E-state index contributed by atoms with van der Waals surface area (Å²) in [5.74, 6) is 1.45. The van der Waals surface area contributed by atoms with Crippen molar-refractivity contribution in [2.45, 2.75) is 98.3 Å². The van der Waals surface area contributed by atoms with Crippen molar-refractivity contribution in [3.05, 3.63) is 131 Å². The first-order valence-electron chi connectivity index (χ1n) is 19.2. The van der Waals surface area contributed by atoms with Crippen LogP contribution in [0.2, 0.25) is 5.02 Å². The summed E-state index contributed by atoms with van der Waals surface area (Å²) in [5, 5.41) is 23.1. The zero-order chi connectivity index (χ0) is 43.4. The van der Waals surface area contributed by atoms with Crippen LogP contribution in [0.15, 0.2) is 97.6 Å². The van der Waals surface area contributed by atoms with Crippen LogP contribution in [0.1, 0.15) is 119 Å². The summed E-state index contributed by atoms with van der Waals surface area (Å²) < 4.78 is 42.6. The molecule has 0 saturated heterocycles. The van der Waals surface area contributed by atoms with Crippen LogP contribution in [-0.2, 0) is 6.18 Å². The Morgan fingerprint density at radius 1 is 0.576 bits per heavy atom. The number of carbonyl (C=O) groups excluding carboxylic acids is 2. The van der Waals surface area contributed by atoms with Gasteiger partial charge in [-0.3, -0.25) is 18.7 Å². The molecule has 0 fully saturated rings. The van der Waals surface area contributed by atoms with E-state index in [1.807, 2.05) is 108 Å². The highest BCUT2D eigenvalue weighted by atomic mass is 35.5. The van der Waals surface area contributed by atoms with E-state index in [4.69, 9.17) is 11.6 Å². The quantitative estimate of drug-likeness (QED) is 0.158. The number of hydrogen-bond acceptors (Lipinski definition) is 6. The highest BCUT2D eigenvalue weighted by molar-refractivity contribution is 6.30. The summed E-state index contributed by atoms with van der Waals surface area (Å²) in [5.41, 5.74) is 4.09. The number of halogens is 4. The lowest BCUT2D eigenvalue weighted by Crippen LogP contribution is -2.40. The number of amides is 2. The third kappa shape index (κ3) is 11.7. The number of hydrogen-bond donors (Lipinski definition) is 2. The molecule has 6 aromatic rings. The zero-order valence-corrected chi connectivity index (χ0v) is 35.7. The van der Waals surface area contributed by atoms with E-state index >= 15 is 0 Å². The number of alkyl halides is 3. The Morgan fingerprint density at radius 2 is 0.949 bits per heavy atom. The number of rotatable bonds is 8. The first-order valence-corrected chi connectivity index (χ1v) is 19.6. The second-order valence-electron chi connectivity index (χ2n) is 17.0. The monoisotopic (exact) mass is 826 g/mol. The molecule has 4 aromatic carbocycles. The molecule has 10 nitrogen and oxygen atoms in total. The van der Waals surface area contributed by atoms with Crippen LogP contribution >= 0.6 is 11.6 Å². The maximum atomic E-state index is 12.9. The van der Waals surface area contributed by atoms with Crippen LogP contribution < -0.4 is 10.6 Å². The lowest BCUT2D eigenvalue weighted by atomic mass is 9.99. The molecule has 2 heterocycles. The molecule has 59 heavy (non-hydrogen) atoms. The minimum atomic E-state index is -4.41. The molecule has 0 aliphatic carbocycles. The molecule has 0 radical (unpaired) electrons. The van der Waals surface area contributed by atoms with Crippen molar-refractivity contribution in [1.29, 1.82) is 0 Å². The third-order valence-electron chi connectivity index (χ3n) is 8.80. The van der Waals surface area contributed by atoms with Gasteiger partial charge < -0.3 is 10.6 Å². The van der Waals surface area contributed by atoms with E-state index in [-0.39, 0.29) is 29.2 Å². The van der Waals surface area contributed by atoms with Crippen LogP contribution in [-0.4, -0.2) is 52.4 Å². The average molecular weight is 827 g/mol. The fourth-order valence-corrected chi connectivity index (χ4v) is 6.21. The predicted octanol–water partition coefficient (Wildman–Crippen LogP) is 10.8. The van der Waals surface area contributed by atoms with E-state index in [2.05, 4.69) is 44.9 Å². The molecule has 0 saturated carbocycles. The van der Waals surface area contributed by atoms with Gasteiger partial charge in [-0.15, -0.1) is 20.4 Å². The van der Waals surface area contributed by atoms with E-state index < -0.39 is 17.3 Å². The smallest absolute Gasteiger partial charge is 0.347 e. The Balaban J connectivity index is 0.000000225. The van der Waals surface area contributed by atoms with Gasteiger partial charge in [0.05, 0.1) is 5.56 Å². The maximum Gasteiger partial charge on any atom is 0.416 e. The molecule has 2 N–H and O–H groups in total. The van der Waals surface area contributed by atoms with Crippen molar-refractivity contribution >= 4 is 23.4 Å². The molecule has 0 atom stereocenters. The largest absolute Gasteiger partial charge is 0.416 e. The molecular formula is C45H50ClF3N8O2. The molecular weight excluding hydrogens is 777 g/mol. The first-order chi connectivity index (χ1) is 27.5. The topological polar surface area (TPSA) is 120 Å². The summed E-state index contributed by atoms with van der Waals surface area (Å²) in [6.07, 6.45) is -1.17. The van der Waals surface area contributed by atoms with Gasteiger partial charge in [0.1, 0.15) is 24.3 Å². The standard InChI is InChI=1S/C23H25F3N4O.C22H25ClN4O/c1-14(2)20-29-27-13-30(20)19-11-16(10-17(12-19)21(31)28-22(3,4)5)15-6-8-18(9-7-15)23(24,25)26;1-14(2)20-26-24-13-27(20)19-11-16(15-6-8-18(23)9-7-15)10-17(12-19)21(28)25-22(3,4)5/h6-14H,1-5H3,(H,28,31);6-14H,1-5H3,(H,25,28). The van der Waals surface area contributed by atoms with E-state index in [0.717, 1.165) is 34.8 Å². The van der Waals surface area contributed by atoms with Crippen molar-refractivity contribution in [3.63, 3.8) is 0 Å². The summed E-state index contributed by atoms with van der Waals surface area (Å²) in [7, 11) is 0. The van der Waals surface area contributed by atoms with Gasteiger partial charge in [0.15, 0.2) is 0 Å². The fraction of sp³-hybridized carbons (Fsp3) is 0.333. The second-order valence-corrected chi connectivity index (χ2v) is 17.4. The van der Waals surface area contributed by atoms with Gasteiger partial charge in [-0.1, -0.05) is 63.6 Å². The summed E-state index contributed by atoms with van der Waals surface area (Å²) in [6, 6.07) is 23.5. The van der Waals surface area contributed by atoms with Gasteiger partial charge in [-0.05, 0) is 124 Å². The molecule has 0 unspecified atom stereocenters. The Hall–Kier alpha value is -5.82. The van der Waals surface area contributed by atoms with Crippen molar-refractivity contribution in [2.75, 3.05) is 0 Å². The van der Waals surface area contributed by atoms with Gasteiger partial charge in [-0.2, -0.15) is 13.2 Å². The number of aromatic nitrogens is 6. The van der Waals surface area contributed by atoms with Crippen molar-refractivity contribution in [3.8, 4) is 33.6 Å². The van der Waals surface area contributed by atoms with Crippen molar-refractivity contribution < 1.29 is 22.8 Å². The van der Waals surface area contributed by atoms with Gasteiger partial charge in [0.2, 0.25) is 0 Å². The van der Waals surface area contributed by atoms with Crippen LogP contribution in [0.3, 0.4) is 0 Å². The molecule has 2 aromatic heterocycles. The number of nitrogens with zero attached hydrogens (tertiary/aromatic N) is 6. The molecule has 0 bridgehead atoms. The van der Waals surface area contributed by atoms with E-state index in [0.29, 0.717) is 38.8 Å². The van der Waals surface area contributed by atoms with E-state index in [9.17, 15) is 22.8 Å². The van der Waals surface area contributed by atoms with Crippen molar-refractivity contribution in [2.24, 2.45) is 0 Å². The zero-order valence-electron chi connectivity index (χ0n) is 34.9. The minimum Gasteiger partial charge on any atom is -0.347 e.